The molecule has 1 aliphatic carbocycles. The second-order valence-electron chi connectivity index (χ2n) is 7.47. The molecule has 0 unspecified atom stereocenters. The van der Waals surface area contributed by atoms with Gasteiger partial charge in [-0.3, -0.25) is 4.79 Å². The van der Waals surface area contributed by atoms with Crippen LogP contribution >= 0.6 is 0 Å². The second-order valence-corrected chi connectivity index (χ2v) is 7.47. The fraction of sp³-hybridized carbons (Fsp3) is 0.941. The van der Waals surface area contributed by atoms with Crippen molar-refractivity contribution in [3.05, 3.63) is 0 Å². The quantitative estimate of drug-likeness (QED) is 0.752. The van der Waals surface area contributed by atoms with E-state index in [9.17, 15) is 4.79 Å². The van der Waals surface area contributed by atoms with Crippen LogP contribution in [0, 0.1) is 17.3 Å². The highest BCUT2D eigenvalue weighted by Gasteiger charge is 2.31. The monoisotopic (exact) mass is 282 g/mol. The average Bonchev–Trinajstić information content (AvgIpc) is 2.43. The Balaban J connectivity index is 2.21. The molecule has 3 nitrogen and oxygen atoms in total. The van der Waals surface area contributed by atoms with Crippen molar-refractivity contribution in [1.29, 1.82) is 0 Å². The molecule has 3 heteroatoms. The van der Waals surface area contributed by atoms with Crippen LogP contribution < -0.4 is 10.6 Å². The van der Waals surface area contributed by atoms with Gasteiger partial charge in [-0.1, -0.05) is 41.0 Å². The van der Waals surface area contributed by atoms with Gasteiger partial charge in [0, 0.05) is 12.6 Å². The Morgan fingerprint density at radius 1 is 1.20 bits per heavy atom. The molecule has 0 aromatic carbocycles. The zero-order valence-corrected chi connectivity index (χ0v) is 14.1. The molecule has 0 spiro atoms. The lowest BCUT2D eigenvalue weighted by Crippen LogP contribution is -2.42. The van der Waals surface area contributed by atoms with E-state index >= 15 is 0 Å². The number of carbonyl (C=O) groups excluding carboxylic acids is 1. The van der Waals surface area contributed by atoms with Gasteiger partial charge in [-0.15, -0.1) is 0 Å². The van der Waals surface area contributed by atoms with E-state index in [0.29, 0.717) is 23.9 Å². The van der Waals surface area contributed by atoms with E-state index in [1.54, 1.807) is 0 Å². The highest BCUT2D eigenvalue weighted by Crippen LogP contribution is 2.40. The molecule has 0 saturated heterocycles. The minimum absolute atomic E-state index is 0.134. The third-order valence-corrected chi connectivity index (χ3v) is 5.00. The van der Waals surface area contributed by atoms with Crippen LogP contribution in [0.1, 0.15) is 66.7 Å². The molecule has 1 aliphatic rings. The van der Waals surface area contributed by atoms with E-state index in [0.717, 1.165) is 12.5 Å². The second kappa shape index (κ2) is 8.02. The van der Waals surface area contributed by atoms with Gasteiger partial charge in [0.1, 0.15) is 0 Å². The van der Waals surface area contributed by atoms with Gasteiger partial charge in [-0.2, -0.15) is 0 Å². The number of hydrogen-bond donors (Lipinski definition) is 2. The highest BCUT2D eigenvalue weighted by atomic mass is 16.1. The highest BCUT2D eigenvalue weighted by molar-refractivity contribution is 5.77. The van der Waals surface area contributed by atoms with E-state index in [2.05, 4.69) is 45.3 Å². The Hall–Kier alpha value is -0.570. The first-order valence-electron chi connectivity index (χ1n) is 8.35. The number of hydrogen-bond acceptors (Lipinski definition) is 2. The molecule has 2 N–H and O–H groups in total. The van der Waals surface area contributed by atoms with Crippen LogP contribution in [0.3, 0.4) is 0 Å². The van der Waals surface area contributed by atoms with Crippen molar-refractivity contribution in [1.82, 2.24) is 10.6 Å². The van der Waals surface area contributed by atoms with Gasteiger partial charge in [-0.25, -0.2) is 0 Å². The molecule has 0 bridgehead atoms. The molecule has 0 aromatic heterocycles. The Bertz CT molecular complexity index is 291. The zero-order chi connectivity index (χ0) is 15.2. The summed E-state index contributed by atoms with van der Waals surface area (Å²) in [6, 6.07) is 0.531. The Kier molecular flexibility index (Phi) is 7.01. The summed E-state index contributed by atoms with van der Waals surface area (Å²) in [7, 11) is 0. The zero-order valence-electron chi connectivity index (χ0n) is 14.1. The van der Waals surface area contributed by atoms with E-state index < -0.39 is 0 Å². The van der Waals surface area contributed by atoms with E-state index in [1.165, 1.54) is 32.1 Å². The van der Waals surface area contributed by atoms with Gasteiger partial charge in [0.05, 0.1) is 6.54 Å². The largest absolute Gasteiger partial charge is 0.355 e. The lowest BCUT2D eigenvalue weighted by atomic mass is 9.69. The van der Waals surface area contributed by atoms with Gasteiger partial charge in [0.25, 0.3) is 0 Å². The molecule has 1 fully saturated rings. The third kappa shape index (κ3) is 5.82. The Labute approximate surface area is 125 Å². The number of amides is 1. The SMILES string of the molecule is CCC(C)(C)C1CCC(NCC(=O)NCC(C)C)CC1. The molecular formula is C17H34N2O. The summed E-state index contributed by atoms with van der Waals surface area (Å²) in [6.07, 6.45) is 6.28. The maximum absolute atomic E-state index is 11.7. The van der Waals surface area contributed by atoms with E-state index in [-0.39, 0.29) is 5.91 Å². The van der Waals surface area contributed by atoms with Crippen LogP contribution in [0.4, 0.5) is 0 Å². The van der Waals surface area contributed by atoms with Crippen molar-refractivity contribution >= 4 is 5.91 Å². The number of carbonyl (C=O) groups is 1. The van der Waals surface area contributed by atoms with E-state index in [4.69, 9.17) is 0 Å². The normalized spacial score (nSPS) is 23.9. The van der Waals surface area contributed by atoms with Gasteiger partial charge < -0.3 is 10.6 Å². The number of rotatable bonds is 7. The summed E-state index contributed by atoms with van der Waals surface area (Å²) in [4.78, 5) is 11.7. The predicted molar refractivity (Wildman–Crippen MR) is 85.7 cm³/mol. The van der Waals surface area contributed by atoms with Crippen molar-refractivity contribution in [2.75, 3.05) is 13.1 Å². The number of nitrogens with one attached hydrogen (secondary N) is 2. The predicted octanol–water partition coefficient (Wildman–Crippen LogP) is 3.34. The average molecular weight is 282 g/mol. The summed E-state index contributed by atoms with van der Waals surface area (Å²) in [6.45, 7) is 12.6. The first-order chi connectivity index (χ1) is 9.35. The van der Waals surface area contributed by atoms with Crippen molar-refractivity contribution in [3.63, 3.8) is 0 Å². The van der Waals surface area contributed by atoms with E-state index in [1.807, 2.05) is 0 Å². The minimum atomic E-state index is 0.134. The maximum Gasteiger partial charge on any atom is 0.233 e. The van der Waals surface area contributed by atoms with Gasteiger partial charge in [0.2, 0.25) is 5.91 Å². The molecule has 0 aliphatic heterocycles. The smallest absolute Gasteiger partial charge is 0.233 e. The molecule has 0 radical (unpaired) electrons. The van der Waals surface area contributed by atoms with Crippen LogP contribution in [-0.2, 0) is 4.79 Å². The first kappa shape index (κ1) is 17.5. The molecule has 1 saturated carbocycles. The molecule has 118 valence electrons. The molecule has 0 atom stereocenters. The summed E-state index contributed by atoms with van der Waals surface area (Å²) in [5, 5.41) is 6.39. The molecule has 1 rings (SSSR count). The fourth-order valence-electron chi connectivity index (χ4n) is 2.99. The fourth-order valence-corrected chi connectivity index (χ4v) is 2.99. The first-order valence-corrected chi connectivity index (χ1v) is 8.35. The maximum atomic E-state index is 11.7. The summed E-state index contributed by atoms with van der Waals surface area (Å²) in [5.74, 6) is 1.50. The Morgan fingerprint density at radius 2 is 1.80 bits per heavy atom. The molecular weight excluding hydrogens is 248 g/mol. The van der Waals surface area contributed by atoms with Crippen molar-refractivity contribution in [2.45, 2.75) is 72.8 Å². The van der Waals surface area contributed by atoms with Crippen LogP contribution in [0.15, 0.2) is 0 Å². The lowest BCUT2D eigenvalue weighted by molar-refractivity contribution is -0.120. The molecule has 0 aromatic rings. The topological polar surface area (TPSA) is 41.1 Å². The molecule has 1 amide bonds. The van der Waals surface area contributed by atoms with Gasteiger partial charge in [0.15, 0.2) is 0 Å². The molecule has 20 heavy (non-hydrogen) atoms. The van der Waals surface area contributed by atoms with Crippen LogP contribution in [-0.4, -0.2) is 25.0 Å². The lowest BCUT2D eigenvalue weighted by Gasteiger charge is -2.39. The van der Waals surface area contributed by atoms with Gasteiger partial charge in [-0.05, 0) is 42.9 Å². The molecule has 0 heterocycles. The van der Waals surface area contributed by atoms with Crippen LogP contribution in [0.5, 0.6) is 0 Å². The van der Waals surface area contributed by atoms with Crippen molar-refractivity contribution < 1.29 is 4.79 Å². The standard InChI is InChI=1S/C17H34N2O/c1-6-17(4,5)14-7-9-15(10-8-14)18-12-16(20)19-11-13(2)3/h13-15,18H,6-12H2,1-5H3,(H,19,20). The summed E-state index contributed by atoms with van der Waals surface area (Å²) in [5.41, 5.74) is 0.472. The summed E-state index contributed by atoms with van der Waals surface area (Å²) >= 11 is 0. The van der Waals surface area contributed by atoms with Crippen LogP contribution in [0.25, 0.3) is 0 Å². The van der Waals surface area contributed by atoms with Crippen LogP contribution in [0.2, 0.25) is 0 Å². The Morgan fingerprint density at radius 3 is 2.30 bits per heavy atom. The third-order valence-electron chi connectivity index (χ3n) is 5.00. The van der Waals surface area contributed by atoms with Crippen molar-refractivity contribution in [2.24, 2.45) is 17.3 Å². The minimum Gasteiger partial charge on any atom is -0.355 e. The van der Waals surface area contributed by atoms with Gasteiger partial charge >= 0.3 is 0 Å². The van der Waals surface area contributed by atoms with Crippen molar-refractivity contribution in [3.8, 4) is 0 Å². The summed E-state index contributed by atoms with van der Waals surface area (Å²) < 4.78 is 0.